The first-order valence-electron chi connectivity index (χ1n) is 3.18. The monoisotopic (exact) mass is 153 g/mol. The van der Waals surface area contributed by atoms with Crippen molar-refractivity contribution >= 4 is 5.97 Å². The average molecular weight is 153 g/mol. The predicted molar refractivity (Wildman–Crippen MR) is 41.8 cm³/mol. The Hall–Kier alpha value is -1.30. The number of rotatable bonds is 3. The van der Waals surface area contributed by atoms with Crippen molar-refractivity contribution in [3.63, 3.8) is 0 Å². The van der Waals surface area contributed by atoms with Crippen molar-refractivity contribution in [3.05, 3.63) is 24.1 Å². The smallest absolute Gasteiger partial charge is 0.393 e. The van der Waals surface area contributed by atoms with Crippen LogP contribution in [0.25, 0.3) is 4.85 Å². The van der Waals surface area contributed by atoms with Crippen LogP contribution in [-0.2, 0) is 9.53 Å². The Morgan fingerprint density at radius 1 is 1.91 bits per heavy atom. The summed E-state index contributed by atoms with van der Waals surface area (Å²) < 4.78 is 4.46. The Labute approximate surface area is 66.5 Å². The molecule has 0 aromatic heterocycles. The highest BCUT2D eigenvalue weighted by atomic mass is 16.5. The molecule has 3 heteroatoms. The third-order valence-electron chi connectivity index (χ3n) is 1.41. The molecule has 0 saturated carbocycles. The lowest BCUT2D eigenvalue weighted by Gasteiger charge is -2.10. The van der Waals surface area contributed by atoms with E-state index in [1.54, 1.807) is 0 Å². The van der Waals surface area contributed by atoms with Crippen LogP contribution in [0.5, 0.6) is 0 Å². The van der Waals surface area contributed by atoms with Crippen molar-refractivity contribution in [1.29, 1.82) is 0 Å². The van der Waals surface area contributed by atoms with Crippen LogP contribution in [-0.4, -0.2) is 18.6 Å². The van der Waals surface area contributed by atoms with Gasteiger partial charge in [-0.2, -0.15) is 0 Å². The van der Waals surface area contributed by atoms with E-state index >= 15 is 0 Å². The van der Waals surface area contributed by atoms with Gasteiger partial charge in [0.15, 0.2) is 0 Å². The first-order valence-corrected chi connectivity index (χ1v) is 3.18. The number of carbonyl (C=O) groups excluding carboxylic acids is 1. The Bertz CT molecular complexity index is 205. The van der Waals surface area contributed by atoms with Crippen LogP contribution in [0.3, 0.4) is 0 Å². The Kier molecular flexibility index (Phi) is 3.32. The lowest BCUT2D eigenvalue weighted by atomic mass is 10.00. The summed E-state index contributed by atoms with van der Waals surface area (Å²) in [6, 6.07) is 0. The van der Waals surface area contributed by atoms with Gasteiger partial charge in [-0.25, -0.2) is 11.4 Å². The van der Waals surface area contributed by atoms with Gasteiger partial charge < -0.3 is 4.74 Å². The van der Waals surface area contributed by atoms with E-state index in [2.05, 4.69) is 16.2 Å². The molecule has 0 saturated heterocycles. The van der Waals surface area contributed by atoms with Gasteiger partial charge in [-0.3, -0.25) is 4.85 Å². The molecule has 3 nitrogen and oxygen atoms in total. The summed E-state index contributed by atoms with van der Waals surface area (Å²) in [5.41, 5.74) is -1.09. The molecule has 0 aliphatic carbocycles. The second-order valence-corrected chi connectivity index (χ2v) is 2.37. The molecule has 0 aliphatic heterocycles. The third kappa shape index (κ3) is 2.08. The highest BCUT2D eigenvalue weighted by Gasteiger charge is 2.39. The summed E-state index contributed by atoms with van der Waals surface area (Å²) in [6.07, 6.45) is 1.86. The molecule has 0 N–H and O–H groups in total. The standard InChI is InChI=1S/C8H11NO2/c1-5-6-8(2,9-3)7(10)11-4/h5H,1,6H2,2,4H3. The molecule has 0 aromatic carbocycles. The number of carbonyl (C=O) groups is 1. The van der Waals surface area contributed by atoms with Crippen molar-refractivity contribution < 1.29 is 9.53 Å². The van der Waals surface area contributed by atoms with E-state index in [9.17, 15) is 4.79 Å². The molecule has 0 rings (SSSR count). The molecular weight excluding hydrogens is 142 g/mol. The van der Waals surface area contributed by atoms with Crippen molar-refractivity contribution in [2.75, 3.05) is 7.11 Å². The zero-order valence-corrected chi connectivity index (χ0v) is 6.76. The van der Waals surface area contributed by atoms with E-state index in [0.29, 0.717) is 6.42 Å². The van der Waals surface area contributed by atoms with Gasteiger partial charge in [0.25, 0.3) is 0 Å². The van der Waals surface area contributed by atoms with Crippen molar-refractivity contribution in [1.82, 2.24) is 0 Å². The van der Waals surface area contributed by atoms with Gasteiger partial charge in [-0.1, -0.05) is 6.08 Å². The van der Waals surface area contributed by atoms with Gasteiger partial charge in [0, 0.05) is 6.92 Å². The molecule has 0 aliphatic rings. The minimum absolute atomic E-state index is 0.323. The van der Waals surface area contributed by atoms with E-state index in [1.807, 2.05) is 0 Å². The highest BCUT2D eigenvalue weighted by molar-refractivity contribution is 5.82. The fraction of sp³-hybridized carbons (Fsp3) is 0.500. The quantitative estimate of drug-likeness (QED) is 0.348. The molecule has 1 atom stereocenters. The predicted octanol–water partition coefficient (Wildman–Crippen LogP) is 1.41. The van der Waals surface area contributed by atoms with Gasteiger partial charge in [-0.05, 0) is 0 Å². The molecule has 0 heterocycles. The van der Waals surface area contributed by atoms with Crippen molar-refractivity contribution in [3.8, 4) is 0 Å². The zero-order chi connectivity index (χ0) is 8.91. The van der Waals surface area contributed by atoms with Crippen LogP contribution < -0.4 is 0 Å². The first-order chi connectivity index (χ1) is 5.10. The summed E-state index contributed by atoms with van der Waals surface area (Å²) in [5.74, 6) is -0.507. The van der Waals surface area contributed by atoms with Crippen LogP contribution in [0.2, 0.25) is 0 Å². The molecule has 0 bridgehead atoms. The molecule has 0 aromatic rings. The largest absolute Gasteiger partial charge is 0.463 e. The van der Waals surface area contributed by atoms with Crippen molar-refractivity contribution in [2.24, 2.45) is 0 Å². The Balaban J connectivity index is 4.48. The van der Waals surface area contributed by atoms with Crippen LogP contribution in [0.15, 0.2) is 12.7 Å². The van der Waals surface area contributed by atoms with Crippen molar-refractivity contribution in [2.45, 2.75) is 18.9 Å². The second-order valence-electron chi connectivity index (χ2n) is 2.37. The molecule has 11 heavy (non-hydrogen) atoms. The fourth-order valence-corrected chi connectivity index (χ4v) is 0.676. The summed E-state index contributed by atoms with van der Waals surface area (Å²) >= 11 is 0. The Morgan fingerprint density at radius 3 is 2.73 bits per heavy atom. The maximum atomic E-state index is 11.0. The van der Waals surface area contributed by atoms with E-state index in [1.165, 1.54) is 20.1 Å². The molecular formula is C8H11NO2. The number of hydrogen-bond acceptors (Lipinski definition) is 2. The lowest BCUT2D eigenvalue weighted by molar-refractivity contribution is -0.144. The minimum Gasteiger partial charge on any atom is -0.463 e. The van der Waals surface area contributed by atoms with E-state index < -0.39 is 11.5 Å². The maximum Gasteiger partial charge on any atom is 0.393 e. The fourth-order valence-electron chi connectivity index (χ4n) is 0.676. The zero-order valence-electron chi connectivity index (χ0n) is 6.76. The number of ether oxygens (including phenoxy) is 1. The lowest BCUT2D eigenvalue weighted by Crippen LogP contribution is -2.32. The topological polar surface area (TPSA) is 30.7 Å². The van der Waals surface area contributed by atoms with Gasteiger partial charge in [0.05, 0.1) is 13.5 Å². The SMILES string of the molecule is [C-]#[N+]C(C)(CC=C)C(=O)OC. The highest BCUT2D eigenvalue weighted by Crippen LogP contribution is 2.17. The van der Waals surface area contributed by atoms with Crippen LogP contribution in [0.4, 0.5) is 0 Å². The van der Waals surface area contributed by atoms with Crippen LogP contribution in [0, 0.1) is 6.57 Å². The maximum absolute atomic E-state index is 11.0. The second kappa shape index (κ2) is 3.77. The molecule has 0 amide bonds. The molecule has 0 spiro atoms. The summed E-state index contributed by atoms with van der Waals surface area (Å²) in [5, 5.41) is 0. The van der Waals surface area contributed by atoms with E-state index in [0.717, 1.165) is 0 Å². The van der Waals surface area contributed by atoms with Gasteiger partial charge >= 0.3 is 11.5 Å². The number of nitrogens with zero attached hydrogens (tertiary/aromatic N) is 1. The minimum atomic E-state index is -1.09. The molecule has 0 radical (unpaired) electrons. The summed E-state index contributed by atoms with van der Waals surface area (Å²) in [7, 11) is 1.27. The average Bonchev–Trinajstić information content (AvgIpc) is 2.03. The van der Waals surface area contributed by atoms with Crippen LogP contribution >= 0.6 is 0 Å². The Morgan fingerprint density at radius 2 is 2.45 bits per heavy atom. The number of methoxy groups -OCH3 is 1. The number of esters is 1. The van der Waals surface area contributed by atoms with E-state index in [-0.39, 0.29) is 0 Å². The van der Waals surface area contributed by atoms with Gasteiger partial charge in [0.1, 0.15) is 0 Å². The summed E-state index contributed by atoms with van der Waals surface area (Å²) in [4.78, 5) is 14.2. The number of hydrogen-bond donors (Lipinski definition) is 0. The normalized spacial score (nSPS) is 14.3. The molecule has 60 valence electrons. The summed E-state index contributed by atoms with van der Waals surface area (Å²) in [6.45, 7) is 11.8. The van der Waals surface area contributed by atoms with Crippen LogP contribution in [0.1, 0.15) is 13.3 Å². The molecule has 1 unspecified atom stereocenters. The van der Waals surface area contributed by atoms with Gasteiger partial charge in [0.2, 0.25) is 0 Å². The molecule has 0 fully saturated rings. The third-order valence-corrected chi connectivity index (χ3v) is 1.41. The van der Waals surface area contributed by atoms with Gasteiger partial charge in [-0.15, -0.1) is 6.58 Å². The first kappa shape index (κ1) is 9.70. The van der Waals surface area contributed by atoms with E-state index in [4.69, 9.17) is 6.57 Å².